The highest BCUT2D eigenvalue weighted by molar-refractivity contribution is 6.05. The van der Waals surface area contributed by atoms with Crippen molar-refractivity contribution in [2.24, 2.45) is 5.73 Å². The monoisotopic (exact) mass is 376 g/mol. The van der Waals surface area contributed by atoms with Gasteiger partial charge in [-0.2, -0.15) is 0 Å². The number of hydrogen-bond acceptors (Lipinski definition) is 3. The van der Waals surface area contributed by atoms with Gasteiger partial charge in [-0.3, -0.25) is 14.2 Å². The Bertz CT molecular complexity index is 1110. The predicted octanol–water partition coefficient (Wildman–Crippen LogP) is 3.35. The third-order valence-electron chi connectivity index (χ3n) is 4.56. The third-order valence-corrected chi connectivity index (χ3v) is 4.56. The summed E-state index contributed by atoms with van der Waals surface area (Å²) in [4.78, 5) is 24.6. The minimum absolute atomic E-state index is 0.0700. The number of phenols is 1. The van der Waals surface area contributed by atoms with E-state index in [2.05, 4.69) is 0 Å². The van der Waals surface area contributed by atoms with Gasteiger partial charge < -0.3 is 10.8 Å². The van der Waals surface area contributed by atoms with E-state index in [0.717, 1.165) is 28.8 Å². The molecule has 27 heavy (non-hydrogen) atoms. The molecule has 0 aliphatic carbocycles. The number of nitrogens with zero attached hydrogens (tertiary/aromatic N) is 1. The van der Waals surface area contributed by atoms with E-state index in [4.69, 9.17) is 5.73 Å². The topological polar surface area (TPSA) is 85.3 Å². The fourth-order valence-electron chi connectivity index (χ4n) is 3.17. The zero-order chi connectivity index (χ0) is 20.0. The van der Waals surface area contributed by atoms with E-state index in [-0.39, 0.29) is 27.7 Å². The van der Waals surface area contributed by atoms with Gasteiger partial charge in [0.05, 0.1) is 11.4 Å². The van der Waals surface area contributed by atoms with E-state index in [0.29, 0.717) is 0 Å². The summed E-state index contributed by atoms with van der Waals surface area (Å²) < 4.78 is 42.4. The zero-order valence-electron chi connectivity index (χ0n) is 14.4. The number of fused-ring (bicyclic) bond motifs is 1. The molecule has 0 aliphatic rings. The number of hydrogen-bond donors (Lipinski definition) is 2. The highest BCUT2D eigenvalue weighted by atomic mass is 19.2. The summed E-state index contributed by atoms with van der Waals surface area (Å²) in [6.45, 7) is 2.92. The summed E-state index contributed by atoms with van der Waals surface area (Å²) in [6.07, 6.45) is 0. The lowest BCUT2D eigenvalue weighted by Crippen LogP contribution is -2.20. The molecule has 1 atom stereocenters. The van der Waals surface area contributed by atoms with Gasteiger partial charge in [0.15, 0.2) is 23.2 Å². The maximum absolute atomic E-state index is 14.6. The van der Waals surface area contributed by atoms with Gasteiger partial charge in [0, 0.05) is 16.6 Å². The smallest absolute Gasteiger partial charge is 0.262 e. The van der Waals surface area contributed by atoms with Gasteiger partial charge in [0.25, 0.3) is 5.91 Å². The number of carbonyl (C=O) groups is 2. The van der Waals surface area contributed by atoms with Gasteiger partial charge in [0.1, 0.15) is 0 Å². The van der Waals surface area contributed by atoms with E-state index in [1.165, 1.54) is 19.9 Å². The second kappa shape index (κ2) is 6.46. The molecule has 3 N–H and O–H groups in total. The lowest BCUT2D eigenvalue weighted by atomic mass is 9.97. The van der Waals surface area contributed by atoms with Crippen LogP contribution in [0.1, 0.15) is 34.5 Å². The van der Waals surface area contributed by atoms with Crippen LogP contribution in [0, 0.1) is 24.4 Å². The number of phenolic OH excluding ortho intramolecular Hbond substituents is 1. The summed E-state index contributed by atoms with van der Waals surface area (Å²) in [5.41, 5.74) is 5.59. The lowest BCUT2D eigenvalue weighted by molar-refractivity contribution is -0.119. The largest absolute Gasteiger partial charge is 0.505 e. The van der Waals surface area contributed by atoms with Gasteiger partial charge in [-0.05, 0) is 49.7 Å². The van der Waals surface area contributed by atoms with Crippen LogP contribution in [0.3, 0.4) is 0 Å². The zero-order valence-corrected chi connectivity index (χ0v) is 14.4. The first-order valence-electron chi connectivity index (χ1n) is 7.96. The second-order valence-corrected chi connectivity index (χ2v) is 6.19. The van der Waals surface area contributed by atoms with Gasteiger partial charge in [0.2, 0.25) is 5.91 Å². The van der Waals surface area contributed by atoms with Crippen LogP contribution in [0.25, 0.3) is 10.9 Å². The number of amides is 1. The van der Waals surface area contributed by atoms with Crippen molar-refractivity contribution in [3.63, 3.8) is 0 Å². The Labute approximate surface area is 151 Å². The van der Waals surface area contributed by atoms with Crippen LogP contribution in [0.4, 0.5) is 13.2 Å². The second-order valence-electron chi connectivity index (χ2n) is 6.19. The maximum Gasteiger partial charge on any atom is 0.262 e. The molecule has 5 nitrogen and oxygen atoms in total. The van der Waals surface area contributed by atoms with Crippen molar-refractivity contribution in [1.82, 2.24) is 4.57 Å². The highest BCUT2D eigenvalue weighted by Gasteiger charge is 2.28. The maximum atomic E-state index is 14.6. The van der Waals surface area contributed by atoms with Crippen molar-refractivity contribution in [2.45, 2.75) is 19.8 Å². The van der Waals surface area contributed by atoms with Gasteiger partial charge in [-0.15, -0.1) is 0 Å². The minimum Gasteiger partial charge on any atom is -0.505 e. The molecule has 0 fully saturated rings. The number of rotatable bonds is 3. The molecule has 0 radical (unpaired) electrons. The quantitative estimate of drug-likeness (QED) is 0.735. The van der Waals surface area contributed by atoms with E-state index in [9.17, 15) is 27.9 Å². The summed E-state index contributed by atoms with van der Waals surface area (Å²) in [5, 5.41) is 9.58. The number of carbonyl (C=O) groups excluding carboxylic acids is 2. The van der Waals surface area contributed by atoms with E-state index < -0.39 is 40.9 Å². The van der Waals surface area contributed by atoms with Crippen LogP contribution in [-0.4, -0.2) is 21.5 Å². The lowest BCUT2D eigenvalue weighted by Gasteiger charge is -2.10. The van der Waals surface area contributed by atoms with Crippen molar-refractivity contribution in [2.75, 3.05) is 0 Å². The molecule has 0 aliphatic heterocycles. The molecule has 2 aromatic carbocycles. The number of benzene rings is 2. The normalized spacial score (nSPS) is 12.3. The Balaban J connectivity index is 2.35. The molecule has 0 bridgehead atoms. The Kier molecular flexibility index (Phi) is 4.43. The molecule has 0 spiro atoms. The number of nitrogens with two attached hydrogens (primary N) is 1. The Morgan fingerprint density at radius 3 is 2.37 bits per heavy atom. The van der Waals surface area contributed by atoms with Crippen molar-refractivity contribution in [3.8, 4) is 5.75 Å². The van der Waals surface area contributed by atoms with Crippen LogP contribution in [0.2, 0.25) is 0 Å². The van der Waals surface area contributed by atoms with Crippen molar-refractivity contribution < 1.29 is 27.9 Å². The molecular weight excluding hydrogens is 361 g/mol. The Morgan fingerprint density at radius 1 is 1.11 bits per heavy atom. The molecule has 140 valence electrons. The SMILES string of the molecule is Cc1c([C@@H](C)C(N)=O)c2c(F)c(O)ccc2n1C(=O)c1ccc(F)c(F)c1. The number of halogens is 3. The molecule has 3 aromatic rings. The van der Waals surface area contributed by atoms with Crippen LogP contribution < -0.4 is 5.73 Å². The molecule has 1 aromatic heterocycles. The molecular formula is C19H15F3N2O3. The van der Waals surface area contributed by atoms with Gasteiger partial charge >= 0.3 is 0 Å². The first-order valence-corrected chi connectivity index (χ1v) is 7.96. The van der Waals surface area contributed by atoms with Crippen LogP contribution in [0.5, 0.6) is 5.75 Å². The van der Waals surface area contributed by atoms with Crippen molar-refractivity contribution >= 4 is 22.7 Å². The highest BCUT2D eigenvalue weighted by Crippen LogP contribution is 2.37. The number of aromatic nitrogens is 1. The predicted molar refractivity (Wildman–Crippen MR) is 92.0 cm³/mol. The van der Waals surface area contributed by atoms with E-state index >= 15 is 0 Å². The Morgan fingerprint density at radius 2 is 1.78 bits per heavy atom. The van der Waals surface area contributed by atoms with Crippen LogP contribution in [-0.2, 0) is 4.79 Å². The molecule has 1 heterocycles. The third kappa shape index (κ3) is 2.83. The standard InChI is InChI=1S/C19H15F3N2O3/c1-8(18(23)26)15-9(2)24(13-5-6-14(25)17(22)16(13)15)19(27)10-3-4-11(20)12(21)7-10/h3-8,25H,1-2H3,(H2,23,26)/t8-/m1/s1. The number of primary amides is 1. The summed E-state index contributed by atoms with van der Waals surface area (Å²) >= 11 is 0. The van der Waals surface area contributed by atoms with Crippen molar-refractivity contribution in [3.05, 3.63) is 64.6 Å². The van der Waals surface area contributed by atoms with E-state index in [1.54, 1.807) is 0 Å². The molecule has 8 heteroatoms. The summed E-state index contributed by atoms with van der Waals surface area (Å²) in [7, 11) is 0. The van der Waals surface area contributed by atoms with Gasteiger partial charge in [-0.25, -0.2) is 13.2 Å². The molecule has 0 saturated carbocycles. The fraction of sp³-hybridized carbons (Fsp3) is 0.158. The van der Waals surface area contributed by atoms with Crippen LogP contribution >= 0.6 is 0 Å². The van der Waals surface area contributed by atoms with E-state index in [1.807, 2.05) is 0 Å². The summed E-state index contributed by atoms with van der Waals surface area (Å²) in [6, 6.07) is 5.00. The average Bonchev–Trinajstić information content (AvgIpc) is 2.91. The molecule has 3 rings (SSSR count). The number of aromatic hydroxyl groups is 1. The average molecular weight is 376 g/mol. The molecule has 0 saturated heterocycles. The van der Waals surface area contributed by atoms with Gasteiger partial charge in [-0.1, -0.05) is 0 Å². The summed E-state index contributed by atoms with van der Waals surface area (Å²) in [5.74, 6) is -6.43. The fourth-order valence-corrected chi connectivity index (χ4v) is 3.17. The van der Waals surface area contributed by atoms with Crippen LogP contribution in [0.15, 0.2) is 30.3 Å². The van der Waals surface area contributed by atoms with Crippen molar-refractivity contribution in [1.29, 1.82) is 0 Å². The first-order chi connectivity index (χ1) is 12.6. The Hall–Kier alpha value is -3.29. The first kappa shape index (κ1) is 18.5. The molecule has 0 unspecified atom stereocenters. The minimum atomic E-state index is -1.20. The molecule has 1 amide bonds.